The second kappa shape index (κ2) is 2.76. The number of H-pyrrole nitrogens is 1. The molecule has 1 aromatic carbocycles. The van der Waals surface area contributed by atoms with Gasteiger partial charge in [0.05, 0.1) is 11.0 Å². The lowest BCUT2D eigenvalue weighted by atomic mass is 10.1. The number of hydrogen-bond acceptors (Lipinski definition) is 1. The Balaban J connectivity index is 2.92. The molecule has 2 rings (SSSR count). The molecule has 0 saturated carbocycles. The molecule has 3 heteroatoms. The summed E-state index contributed by atoms with van der Waals surface area (Å²) < 4.78 is 1.63. The summed E-state index contributed by atoms with van der Waals surface area (Å²) in [5, 5.41) is 0. The van der Waals surface area contributed by atoms with Gasteiger partial charge in [-0.15, -0.1) is 0 Å². The van der Waals surface area contributed by atoms with Gasteiger partial charge in [0.25, 0.3) is 0 Å². The lowest BCUT2D eigenvalue weighted by molar-refractivity contribution is 0.891. The van der Waals surface area contributed by atoms with Gasteiger partial charge in [-0.05, 0) is 18.1 Å². The molecule has 0 radical (unpaired) electrons. The molecule has 0 amide bonds. The zero-order valence-electron chi connectivity index (χ0n) is 7.79. The van der Waals surface area contributed by atoms with Crippen molar-refractivity contribution in [2.45, 2.75) is 13.3 Å². The van der Waals surface area contributed by atoms with Crippen LogP contribution in [0, 0.1) is 0 Å². The van der Waals surface area contributed by atoms with E-state index < -0.39 is 0 Å². The van der Waals surface area contributed by atoms with E-state index in [2.05, 4.69) is 11.9 Å². The first-order valence-electron chi connectivity index (χ1n) is 4.40. The topological polar surface area (TPSA) is 37.8 Å². The van der Waals surface area contributed by atoms with Gasteiger partial charge in [-0.25, -0.2) is 4.79 Å². The Kier molecular flexibility index (Phi) is 1.72. The average molecular weight is 176 g/mol. The molecule has 1 N–H and O–H groups in total. The fraction of sp³-hybridized carbons (Fsp3) is 0.300. The maximum Gasteiger partial charge on any atom is 0.326 e. The second-order valence-corrected chi connectivity index (χ2v) is 3.15. The van der Waals surface area contributed by atoms with Crippen molar-refractivity contribution in [3.05, 3.63) is 34.2 Å². The SMILES string of the molecule is CCc1cccc2c1[nH]c(=O)n2C. The highest BCUT2D eigenvalue weighted by Gasteiger charge is 2.04. The van der Waals surface area contributed by atoms with E-state index in [1.807, 2.05) is 18.2 Å². The zero-order chi connectivity index (χ0) is 9.42. The average Bonchev–Trinajstić information content (AvgIpc) is 2.43. The van der Waals surface area contributed by atoms with Gasteiger partial charge in [0.2, 0.25) is 0 Å². The van der Waals surface area contributed by atoms with E-state index in [1.54, 1.807) is 11.6 Å². The normalized spacial score (nSPS) is 10.9. The number of nitrogens with one attached hydrogen (secondary N) is 1. The number of rotatable bonds is 1. The molecule has 1 heterocycles. The largest absolute Gasteiger partial charge is 0.326 e. The summed E-state index contributed by atoms with van der Waals surface area (Å²) in [7, 11) is 1.78. The standard InChI is InChI=1S/C10H12N2O/c1-3-7-5-4-6-8-9(7)11-10(13)12(8)2/h4-6H,3H2,1-2H3,(H,11,13). The van der Waals surface area contributed by atoms with Crippen LogP contribution in [0.2, 0.25) is 0 Å². The van der Waals surface area contributed by atoms with Gasteiger partial charge in [0.15, 0.2) is 0 Å². The monoisotopic (exact) mass is 176 g/mol. The maximum atomic E-state index is 11.3. The minimum Gasteiger partial charge on any atom is -0.305 e. The minimum absolute atomic E-state index is 0.0455. The van der Waals surface area contributed by atoms with Crippen molar-refractivity contribution in [3.63, 3.8) is 0 Å². The molecular weight excluding hydrogens is 164 g/mol. The summed E-state index contributed by atoms with van der Waals surface area (Å²) in [5.41, 5.74) is 3.09. The van der Waals surface area contributed by atoms with Crippen molar-refractivity contribution < 1.29 is 0 Å². The molecular formula is C10H12N2O. The summed E-state index contributed by atoms with van der Waals surface area (Å²) >= 11 is 0. The van der Waals surface area contributed by atoms with Crippen LogP contribution in [-0.4, -0.2) is 9.55 Å². The number of aromatic amines is 1. The Bertz CT molecular complexity index is 493. The molecule has 0 aliphatic heterocycles. The molecule has 0 bridgehead atoms. The van der Waals surface area contributed by atoms with Crippen LogP contribution in [-0.2, 0) is 13.5 Å². The minimum atomic E-state index is -0.0455. The molecule has 13 heavy (non-hydrogen) atoms. The van der Waals surface area contributed by atoms with Crippen molar-refractivity contribution in [2.75, 3.05) is 0 Å². The van der Waals surface area contributed by atoms with Crippen LogP contribution in [0.25, 0.3) is 11.0 Å². The molecule has 0 fully saturated rings. The van der Waals surface area contributed by atoms with Crippen molar-refractivity contribution >= 4 is 11.0 Å². The first-order chi connectivity index (χ1) is 6.24. The fourth-order valence-corrected chi connectivity index (χ4v) is 1.61. The van der Waals surface area contributed by atoms with Crippen LogP contribution in [0.15, 0.2) is 23.0 Å². The van der Waals surface area contributed by atoms with Gasteiger partial charge in [-0.2, -0.15) is 0 Å². The number of aromatic nitrogens is 2. The van der Waals surface area contributed by atoms with Crippen molar-refractivity contribution in [1.29, 1.82) is 0 Å². The molecule has 2 aromatic rings. The number of para-hydroxylation sites is 1. The van der Waals surface area contributed by atoms with Crippen LogP contribution >= 0.6 is 0 Å². The molecule has 0 atom stereocenters. The number of fused-ring (bicyclic) bond motifs is 1. The lowest BCUT2D eigenvalue weighted by Crippen LogP contribution is -2.11. The Hall–Kier alpha value is -1.51. The summed E-state index contributed by atoms with van der Waals surface area (Å²) in [6, 6.07) is 5.97. The van der Waals surface area contributed by atoms with E-state index >= 15 is 0 Å². The number of imidazole rings is 1. The molecule has 0 saturated heterocycles. The summed E-state index contributed by atoms with van der Waals surface area (Å²) in [4.78, 5) is 14.2. The quantitative estimate of drug-likeness (QED) is 0.701. The van der Waals surface area contributed by atoms with Crippen LogP contribution < -0.4 is 5.69 Å². The van der Waals surface area contributed by atoms with Crippen molar-refractivity contribution in [1.82, 2.24) is 9.55 Å². The third kappa shape index (κ3) is 1.08. The Morgan fingerprint density at radius 3 is 2.92 bits per heavy atom. The molecule has 1 aromatic heterocycles. The smallest absolute Gasteiger partial charge is 0.305 e. The molecule has 0 spiro atoms. The van der Waals surface area contributed by atoms with Crippen LogP contribution in [0.1, 0.15) is 12.5 Å². The van der Waals surface area contributed by atoms with Crippen LogP contribution in [0.4, 0.5) is 0 Å². The van der Waals surface area contributed by atoms with E-state index in [1.165, 1.54) is 5.56 Å². The predicted octanol–water partition coefficient (Wildman–Crippen LogP) is 1.43. The highest BCUT2D eigenvalue weighted by atomic mass is 16.1. The Labute approximate surface area is 76.0 Å². The van der Waals surface area contributed by atoms with Gasteiger partial charge >= 0.3 is 5.69 Å². The maximum absolute atomic E-state index is 11.3. The third-order valence-electron chi connectivity index (χ3n) is 2.41. The van der Waals surface area contributed by atoms with Gasteiger partial charge in [0, 0.05) is 7.05 Å². The van der Waals surface area contributed by atoms with Crippen molar-refractivity contribution in [3.8, 4) is 0 Å². The molecule has 0 aliphatic rings. The van der Waals surface area contributed by atoms with E-state index in [0.717, 1.165) is 17.5 Å². The summed E-state index contributed by atoms with van der Waals surface area (Å²) in [6.45, 7) is 2.08. The van der Waals surface area contributed by atoms with E-state index in [9.17, 15) is 4.79 Å². The number of benzene rings is 1. The number of nitrogens with zero attached hydrogens (tertiary/aromatic N) is 1. The molecule has 68 valence electrons. The molecule has 0 unspecified atom stereocenters. The first-order valence-corrected chi connectivity index (χ1v) is 4.40. The molecule has 0 aliphatic carbocycles. The van der Waals surface area contributed by atoms with E-state index in [0.29, 0.717) is 0 Å². The van der Waals surface area contributed by atoms with Gasteiger partial charge in [0.1, 0.15) is 0 Å². The lowest BCUT2D eigenvalue weighted by Gasteiger charge is -1.98. The number of aryl methyl sites for hydroxylation is 2. The first kappa shape index (κ1) is 8.10. The van der Waals surface area contributed by atoms with Gasteiger partial charge < -0.3 is 4.98 Å². The van der Waals surface area contributed by atoms with Gasteiger partial charge in [-0.3, -0.25) is 4.57 Å². The summed E-state index contributed by atoms with van der Waals surface area (Å²) in [6.07, 6.45) is 0.942. The third-order valence-corrected chi connectivity index (χ3v) is 2.41. The van der Waals surface area contributed by atoms with Crippen LogP contribution in [0.5, 0.6) is 0 Å². The predicted molar refractivity (Wildman–Crippen MR) is 52.9 cm³/mol. The fourth-order valence-electron chi connectivity index (χ4n) is 1.61. The highest BCUT2D eigenvalue weighted by molar-refractivity contribution is 5.78. The van der Waals surface area contributed by atoms with Crippen molar-refractivity contribution in [2.24, 2.45) is 7.05 Å². The summed E-state index contributed by atoms with van der Waals surface area (Å²) in [5.74, 6) is 0. The van der Waals surface area contributed by atoms with Gasteiger partial charge in [-0.1, -0.05) is 19.1 Å². The zero-order valence-corrected chi connectivity index (χ0v) is 7.79. The Morgan fingerprint density at radius 1 is 1.46 bits per heavy atom. The van der Waals surface area contributed by atoms with E-state index in [4.69, 9.17) is 0 Å². The second-order valence-electron chi connectivity index (χ2n) is 3.15. The van der Waals surface area contributed by atoms with Crippen LogP contribution in [0.3, 0.4) is 0 Å². The highest BCUT2D eigenvalue weighted by Crippen LogP contribution is 2.14. The van der Waals surface area contributed by atoms with E-state index in [-0.39, 0.29) is 5.69 Å². The number of hydrogen-bond donors (Lipinski definition) is 1. The Morgan fingerprint density at radius 2 is 2.23 bits per heavy atom. The molecule has 3 nitrogen and oxygen atoms in total.